The fourth-order valence-corrected chi connectivity index (χ4v) is 2.13. The third-order valence-electron chi connectivity index (χ3n) is 3.01. The molecule has 2 aromatic rings. The summed E-state index contributed by atoms with van der Waals surface area (Å²) in [5.74, 6) is 1.75. The lowest BCUT2D eigenvalue weighted by Gasteiger charge is -2.07. The summed E-state index contributed by atoms with van der Waals surface area (Å²) in [4.78, 5) is 4.28. The summed E-state index contributed by atoms with van der Waals surface area (Å²) < 4.78 is 10.2. The predicted octanol–water partition coefficient (Wildman–Crippen LogP) is 3.90. The average molecular weight is 448 g/mol. The fourth-order valence-electron chi connectivity index (χ4n) is 1.85. The number of rotatable bonds is 5. The van der Waals surface area contributed by atoms with Gasteiger partial charge in [0.15, 0.2) is 5.96 Å². The van der Waals surface area contributed by atoms with Crippen molar-refractivity contribution in [2.24, 2.45) is 10.7 Å². The Morgan fingerprint density at radius 3 is 2.39 bits per heavy atom. The summed E-state index contributed by atoms with van der Waals surface area (Å²) in [6.07, 6.45) is 0. The lowest BCUT2D eigenvalue weighted by Crippen LogP contribution is -2.22. The van der Waals surface area contributed by atoms with E-state index < -0.39 is 0 Å². The third kappa shape index (κ3) is 5.80. The van der Waals surface area contributed by atoms with Crippen LogP contribution in [0.2, 0.25) is 5.02 Å². The number of nitrogens with two attached hydrogens (primary N) is 1. The van der Waals surface area contributed by atoms with Gasteiger partial charge in [0.05, 0.1) is 25.8 Å². The van der Waals surface area contributed by atoms with Gasteiger partial charge in [0.25, 0.3) is 0 Å². The van der Waals surface area contributed by atoms with Crippen molar-refractivity contribution in [1.82, 2.24) is 0 Å². The number of anilines is 1. The van der Waals surface area contributed by atoms with Gasteiger partial charge in [-0.15, -0.1) is 24.0 Å². The topological polar surface area (TPSA) is 68.9 Å². The van der Waals surface area contributed by atoms with Gasteiger partial charge in [-0.05, 0) is 42.0 Å². The number of hydrogen-bond acceptors (Lipinski definition) is 3. The van der Waals surface area contributed by atoms with Crippen LogP contribution in [0.4, 0.5) is 5.69 Å². The molecule has 2 rings (SSSR count). The first kappa shape index (κ1) is 19.4. The minimum absolute atomic E-state index is 0. The molecule has 0 spiro atoms. The Hall–Kier alpha value is -1.67. The number of ether oxygens (including phenoxy) is 2. The second-order valence-corrected chi connectivity index (χ2v) is 4.93. The average Bonchev–Trinajstić information content (AvgIpc) is 2.54. The summed E-state index contributed by atoms with van der Waals surface area (Å²) in [5, 5.41) is 3.57. The van der Waals surface area contributed by atoms with Crippen LogP contribution < -0.4 is 20.5 Å². The highest BCUT2D eigenvalue weighted by atomic mass is 127. The molecule has 0 atom stereocenters. The van der Waals surface area contributed by atoms with Gasteiger partial charge < -0.3 is 20.5 Å². The highest BCUT2D eigenvalue weighted by Crippen LogP contribution is 2.25. The lowest BCUT2D eigenvalue weighted by atomic mass is 10.2. The Kier molecular flexibility index (Phi) is 7.97. The first-order chi connectivity index (χ1) is 10.6. The first-order valence-corrected chi connectivity index (χ1v) is 7.03. The van der Waals surface area contributed by atoms with Crippen LogP contribution in [-0.2, 0) is 6.54 Å². The first-order valence-electron chi connectivity index (χ1n) is 6.66. The van der Waals surface area contributed by atoms with Crippen LogP contribution in [0.25, 0.3) is 0 Å². The minimum atomic E-state index is 0. The number of benzene rings is 2. The van der Waals surface area contributed by atoms with Crippen LogP contribution in [-0.4, -0.2) is 20.2 Å². The van der Waals surface area contributed by atoms with Crippen LogP contribution in [0.5, 0.6) is 11.5 Å². The van der Waals surface area contributed by atoms with Gasteiger partial charge in [0, 0.05) is 5.69 Å². The van der Waals surface area contributed by atoms with E-state index in [2.05, 4.69) is 10.3 Å². The van der Waals surface area contributed by atoms with E-state index in [9.17, 15) is 0 Å². The van der Waals surface area contributed by atoms with E-state index in [4.69, 9.17) is 26.8 Å². The van der Waals surface area contributed by atoms with Gasteiger partial charge in [-0.3, -0.25) is 0 Å². The lowest BCUT2D eigenvalue weighted by molar-refractivity contribution is 0.415. The fraction of sp³-hybridized carbons (Fsp3) is 0.188. The van der Waals surface area contributed by atoms with Crippen LogP contribution in [0, 0.1) is 0 Å². The van der Waals surface area contributed by atoms with Crippen molar-refractivity contribution in [2.45, 2.75) is 6.54 Å². The summed E-state index contributed by atoms with van der Waals surface area (Å²) in [5.41, 5.74) is 7.66. The van der Waals surface area contributed by atoms with E-state index in [1.165, 1.54) is 0 Å². The largest absolute Gasteiger partial charge is 0.497 e. The number of halogens is 2. The van der Waals surface area contributed by atoms with E-state index in [0.29, 0.717) is 23.3 Å². The molecule has 0 amide bonds. The maximum Gasteiger partial charge on any atom is 0.193 e. The molecule has 0 unspecified atom stereocenters. The highest BCUT2D eigenvalue weighted by Gasteiger charge is 2.02. The van der Waals surface area contributed by atoms with E-state index in [0.717, 1.165) is 17.0 Å². The monoisotopic (exact) mass is 447 g/mol. The molecule has 0 aliphatic carbocycles. The van der Waals surface area contributed by atoms with Crippen LogP contribution in [0.3, 0.4) is 0 Å². The van der Waals surface area contributed by atoms with Crippen LogP contribution >= 0.6 is 35.6 Å². The third-order valence-corrected chi connectivity index (χ3v) is 3.31. The van der Waals surface area contributed by atoms with Crippen molar-refractivity contribution in [3.05, 3.63) is 53.1 Å². The molecule has 2 aromatic carbocycles. The van der Waals surface area contributed by atoms with Gasteiger partial charge >= 0.3 is 0 Å². The Balaban J connectivity index is 0.00000264. The molecule has 0 saturated heterocycles. The van der Waals surface area contributed by atoms with E-state index >= 15 is 0 Å². The second kappa shape index (κ2) is 9.46. The molecule has 0 radical (unpaired) electrons. The molecular formula is C16H19ClIN3O2. The van der Waals surface area contributed by atoms with Gasteiger partial charge in [0.2, 0.25) is 0 Å². The van der Waals surface area contributed by atoms with Crippen LogP contribution in [0.15, 0.2) is 47.5 Å². The van der Waals surface area contributed by atoms with E-state index in [-0.39, 0.29) is 24.0 Å². The number of hydrogen-bond donors (Lipinski definition) is 2. The van der Waals surface area contributed by atoms with Crippen LogP contribution in [0.1, 0.15) is 5.56 Å². The molecule has 7 heteroatoms. The normalized spacial score (nSPS) is 10.7. The molecule has 124 valence electrons. The standard InChI is InChI=1S/C16H18ClN3O2.HI/c1-21-13-6-4-12(5-7-13)20-16(18)19-10-11-3-8-15(22-2)14(17)9-11;/h3-9H,10H2,1-2H3,(H3,18,19,20);1H. The number of aliphatic imine (C=N–C) groups is 1. The molecule has 0 aromatic heterocycles. The molecule has 23 heavy (non-hydrogen) atoms. The Labute approximate surface area is 157 Å². The van der Waals surface area contributed by atoms with Gasteiger partial charge in [-0.2, -0.15) is 0 Å². The molecule has 0 fully saturated rings. The van der Waals surface area contributed by atoms with Gasteiger partial charge in [0.1, 0.15) is 11.5 Å². The zero-order valence-corrected chi connectivity index (χ0v) is 16.0. The minimum Gasteiger partial charge on any atom is -0.497 e. The molecule has 3 N–H and O–H groups in total. The molecular weight excluding hydrogens is 429 g/mol. The maximum absolute atomic E-state index is 6.07. The molecule has 0 saturated carbocycles. The van der Waals surface area contributed by atoms with Gasteiger partial charge in [-0.1, -0.05) is 17.7 Å². The highest BCUT2D eigenvalue weighted by molar-refractivity contribution is 14.0. The summed E-state index contributed by atoms with van der Waals surface area (Å²) >= 11 is 6.07. The Bertz CT molecular complexity index is 663. The summed E-state index contributed by atoms with van der Waals surface area (Å²) in [7, 11) is 3.20. The quantitative estimate of drug-likeness (QED) is 0.414. The Morgan fingerprint density at radius 1 is 1.13 bits per heavy atom. The zero-order valence-electron chi connectivity index (χ0n) is 12.9. The summed E-state index contributed by atoms with van der Waals surface area (Å²) in [6, 6.07) is 12.9. The predicted molar refractivity (Wildman–Crippen MR) is 105 cm³/mol. The van der Waals surface area contributed by atoms with Crippen molar-refractivity contribution >= 4 is 47.2 Å². The number of nitrogens with zero attached hydrogens (tertiary/aromatic N) is 1. The van der Waals surface area contributed by atoms with E-state index in [1.54, 1.807) is 20.3 Å². The molecule has 5 nitrogen and oxygen atoms in total. The van der Waals surface area contributed by atoms with Crippen molar-refractivity contribution in [3.8, 4) is 11.5 Å². The molecule has 0 heterocycles. The number of guanidine groups is 1. The number of methoxy groups -OCH3 is 2. The smallest absolute Gasteiger partial charge is 0.193 e. The zero-order chi connectivity index (χ0) is 15.9. The van der Waals surface area contributed by atoms with Crippen molar-refractivity contribution in [2.75, 3.05) is 19.5 Å². The molecule has 0 aliphatic rings. The Morgan fingerprint density at radius 2 is 1.83 bits per heavy atom. The van der Waals surface area contributed by atoms with Crippen molar-refractivity contribution in [1.29, 1.82) is 0 Å². The van der Waals surface area contributed by atoms with Crippen molar-refractivity contribution < 1.29 is 9.47 Å². The molecule has 0 bridgehead atoms. The number of nitrogens with one attached hydrogen (secondary N) is 1. The molecule has 0 aliphatic heterocycles. The second-order valence-electron chi connectivity index (χ2n) is 4.52. The summed E-state index contributed by atoms with van der Waals surface area (Å²) in [6.45, 7) is 0.429. The SMILES string of the molecule is COc1ccc(NC(N)=NCc2ccc(OC)c(Cl)c2)cc1.I. The van der Waals surface area contributed by atoms with E-state index in [1.807, 2.05) is 36.4 Å². The maximum atomic E-state index is 6.07. The van der Waals surface area contributed by atoms with Crippen molar-refractivity contribution in [3.63, 3.8) is 0 Å². The van der Waals surface area contributed by atoms with Gasteiger partial charge in [-0.25, -0.2) is 4.99 Å².